The molecule has 34 heavy (non-hydrogen) atoms. The molecule has 0 unspecified atom stereocenters. The maximum absolute atomic E-state index is 14.8. The summed E-state index contributed by atoms with van der Waals surface area (Å²) in [4.78, 5) is 14.1. The number of nitrogens with zero attached hydrogens (tertiary/aromatic N) is 5. The van der Waals surface area contributed by atoms with Gasteiger partial charge in [-0.15, -0.1) is 0 Å². The maximum Gasteiger partial charge on any atom is 0.163 e. The lowest BCUT2D eigenvalue weighted by Crippen LogP contribution is -2.20. The first kappa shape index (κ1) is 21.6. The van der Waals surface area contributed by atoms with Crippen LogP contribution in [0.2, 0.25) is 5.02 Å². The molecule has 1 aromatic carbocycles. The van der Waals surface area contributed by atoms with Crippen LogP contribution in [0.5, 0.6) is 0 Å². The molecule has 2 aliphatic rings. The summed E-state index contributed by atoms with van der Waals surface area (Å²) in [5, 5.41) is 5.45. The highest BCUT2D eigenvalue weighted by molar-refractivity contribution is 6.32. The first-order valence-corrected chi connectivity index (χ1v) is 11.8. The van der Waals surface area contributed by atoms with Crippen LogP contribution in [0.25, 0.3) is 22.3 Å². The fraction of sp³-hybridized carbons (Fsp3) is 0.360. The molecule has 1 saturated heterocycles. The Morgan fingerprint density at radius 2 is 1.94 bits per heavy atom. The van der Waals surface area contributed by atoms with Crippen molar-refractivity contribution in [2.45, 2.75) is 50.7 Å². The Kier molecular flexibility index (Phi) is 5.30. The smallest absolute Gasteiger partial charge is 0.163 e. The zero-order valence-corrected chi connectivity index (χ0v) is 19.3. The van der Waals surface area contributed by atoms with Crippen molar-refractivity contribution in [1.29, 1.82) is 0 Å². The molecule has 1 saturated carbocycles. The molecule has 2 atom stereocenters. The molecule has 174 valence electrons. The van der Waals surface area contributed by atoms with E-state index in [2.05, 4.69) is 16.3 Å². The third-order valence-corrected chi connectivity index (χ3v) is 6.97. The van der Waals surface area contributed by atoms with Crippen LogP contribution in [0.15, 0.2) is 36.7 Å². The van der Waals surface area contributed by atoms with Crippen LogP contribution in [0.3, 0.4) is 0 Å². The second-order valence-corrected chi connectivity index (χ2v) is 9.45. The second-order valence-electron chi connectivity index (χ2n) is 9.05. The van der Waals surface area contributed by atoms with Gasteiger partial charge in [0.05, 0.1) is 34.8 Å². The first-order valence-electron chi connectivity index (χ1n) is 11.4. The van der Waals surface area contributed by atoms with Crippen LogP contribution < -0.4 is 0 Å². The number of halogens is 3. The quantitative estimate of drug-likeness (QED) is 0.352. The van der Waals surface area contributed by atoms with Crippen molar-refractivity contribution in [1.82, 2.24) is 24.7 Å². The molecule has 6 rings (SSSR count). The van der Waals surface area contributed by atoms with Crippen LogP contribution in [0, 0.1) is 18.6 Å². The number of pyridine rings is 1. The van der Waals surface area contributed by atoms with E-state index < -0.39 is 11.6 Å². The van der Waals surface area contributed by atoms with Gasteiger partial charge in [0.1, 0.15) is 17.5 Å². The fourth-order valence-electron chi connectivity index (χ4n) is 4.53. The Balaban J connectivity index is 1.41. The monoisotopic (exact) mass is 481 g/mol. The van der Waals surface area contributed by atoms with Crippen molar-refractivity contribution in [2.24, 2.45) is 0 Å². The van der Waals surface area contributed by atoms with Crippen LogP contribution in [0.1, 0.15) is 60.8 Å². The Morgan fingerprint density at radius 3 is 2.74 bits per heavy atom. The molecule has 9 heteroatoms. The number of ether oxygens (including phenoxy) is 1. The predicted molar refractivity (Wildman–Crippen MR) is 124 cm³/mol. The van der Waals surface area contributed by atoms with Gasteiger partial charge < -0.3 is 4.74 Å². The zero-order valence-electron chi connectivity index (χ0n) is 18.5. The summed E-state index contributed by atoms with van der Waals surface area (Å²) >= 11 is 6.32. The van der Waals surface area contributed by atoms with Crippen molar-refractivity contribution < 1.29 is 13.5 Å². The molecule has 0 spiro atoms. The highest BCUT2D eigenvalue weighted by atomic mass is 35.5. The van der Waals surface area contributed by atoms with Gasteiger partial charge >= 0.3 is 0 Å². The van der Waals surface area contributed by atoms with Crippen LogP contribution >= 0.6 is 11.6 Å². The van der Waals surface area contributed by atoms with Crippen molar-refractivity contribution in [3.8, 4) is 11.3 Å². The number of benzene rings is 1. The van der Waals surface area contributed by atoms with E-state index in [9.17, 15) is 8.78 Å². The molecule has 4 heterocycles. The Labute approximate surface area is 200 Å². The lowest BCUT2D eigenvalue weighted by molar-refractivity contribution is 0.00396. The van der Waals surface area contributed by atoms with E-state index in [0.29, 0.717) is 52.3 Å². The van der Waals surface area contributed by atoms with Gasteiger partial charge in [-0.3, -0.25) is 4.68 Å². The normalized spacial score (nSPS) is 20.7. The third kappa shape index (κ3) is 3.95. The summed E-state index contributed by atoms with van der Waals surface area (Å²) < 4.78 is 36.5. The number of hydrogen-bond donors (Lipinski definition) is 0. The van der Waals surface area contributed by atoms with Crippen LogP contribution in [-0.4, -0.2) is 31.3 Å². The lowest BCUT2D eigenvalue weighted by Gasteiger charge is -2.28. The minimum Gasteiger partial charge on any atom is -0.373 e. The molecule has 4 aromatic rings. The molecular weight excluding hydrogens is 460 g/mol. The van der Waals surface area contributed by atoms with Gasteiger partial charge in [0.2, 0.25) is 0 Å². The average Bonchev–Trinajstić information content (AvgIpc) is 3.56. The second kappa shape index (κ2) is 8.36. The predicted octanol–water partition coefficient (Wildman–Crippen LogP) is 6.10. The highest BCUT2D eigenvalue weighted by Gasteiger charge is 2.31. The Morgan fingerprint density at radius 1 is 1.09 bits per heavy atom. The van der Waals surface area contributed by atoms with Crippen LogP contribution in [-0.2, 0) is 4.74 Å². The van der Waals surface area contributed by atoms with Gasteiger partial charge in [-0.25, -0.2) is 23.7 Å². The van der Waals surface area contributed by atoms with Crippen molar-refractivity contribution in [3.63, 3.8) is 0 Å². The number of fused-ring (bicyclic) bond motifs is 1. The van der Waals surface area contributed by atoms with E-state index in [1.807, 2.05) is 10.9 Å². The Hall–Kier alpha value is -2.97. The van der Waals surface area contributed by atoms with E-state index in [0.717, 1.165) is 18.1 Å². The topological polar surface area (TPSA) is 65.7 Å². The molecule has 0 radical (unpaired) electrons. The van der Waals surface area contributed by atoms with E-state index in [1.54, 1.807) is 13.0 Å². The fourth-order valence-corrected chi connectivity index (χ4v) is 4.68. The summed E-state index contributed by atoms with van der Waals surface area (Å²) in [7, 11) is 0. The van der Waals surface area contributed by atoms with Gasteiger partial charge in [0, 0.05) is 41.3 Å². The number of aromatic nitrogens is 5. The Bertz CT molecular complexity index is 1400. The van der Waals surface area contributed by atoms with E-state index in [1.165, 1.54) is 25.0 Å². The van der Waals surface area contributed by atoms with Crippen LogP contribution in [0.4, 0.5) is 8.78 Å². The number of rotatable bonds is 4. The summed E-state index contributed by atoms with van der Waals surface area (Å²) in [6, 6.07) is 5.67. The minimum absolute atomic E-state index is 0.00697. The standard InChI is InChI=1S/C25H22ClF2N5O/c1-13-20(26)10-19-23(18-5-2-16(27)9-21(18)28)31-24(32-25(19)30-13)14-6-7-34-22(8-14)15-11-29-33(12-15)17-3-4-17/h2,5,9-12,14,17,22H,3-4,6-8H2,1H3/t14-,22+/m1/s1. The first-order chi connectivity index (χ1) is 16.5. The van der Waals surface area contributed by atoms with Crippen molar-refractivity contribution in [2.75, 3.05) is 6.61 Å². The molecule has 0 amide bonds. The molecule has 1 aliphatic carbocycles. The van der Waals surface area contributed by atoms with E-state index in [4.69, 9.17) is 26.3 Å². The highest BCUT2D eigenvalue weighted by Crippen LogP contribution is 2.40. The molecule has 0 bridgehead atoms. The molecule has 1 aliphatic heterocycles. The molecule has 6 nitrogen and oxygen atoms in total. The lowest BCUT2D eigenvalue weighted by atomic mass is 9.92. The molecule has 2 fully saturated rings. The van der Waals surface area contributed by atoms with Crippen molar-refractivity contribution in [3.05, 3.63) is 70.4 Å². The largest absolute Gasteiger partial charge is 0.373 e. The number of aryl methyl sites for hydroxylation is 1. The summed E-state index contributed by atoms with van der Waals surface area (Å²) in [6.07, 6.45) is 7.57. The SMILES string of the molecule is Cc1nc2nc([C@@H]3CCO[C@H](c4cnn(C5CC5)c4)C3)nc(-c3ccc(F)cc3F)c2cc1Cl. The third-order valence-electron chi connectivity index (χ3n) is 6.58. The van der Waals surface area contributed by atoms with E-state index >= 15 is 0 Å². The average molecular weight is 482 g/mol. The molecule has 0 N–H and O–H groups in total. The summed E-state index contributed by atoms with van der Waals surface area (Å²) in [6.45, 7) is 2.35. The zero-order chi connectivity index (χ0) is 23.4. The van der Waals surface area contributed by atoms with Gasteiger partial charge in [-0.1, -0.05) is 11.6 Å². The number of hydrogen-bond acceptors (Lipinski definition) is 5. The summed E-state index contributed by atoms with van der Waals surface area (Å²) in [5.41, 5.74) is 2.66. The maximum atomic E-state index is 14.8. The van der Waals surface area contributed by atoms with Gasteiger partial charge in [-0.2, -0.15) is 5.10 Å². The molecule has 3 aromatic heterocycles. The van der Waals surface area contributed by atoms with Crippen molar-refractivity contribution >= 4 is 22.6 Å². The summed E-state index contributed by atoms with van der Waals surface area (Å²) in [5.74, 6) is -0.776. The van der Waals surface area contributed by atoms with Gasteiger partial charge in [0.25, 0.3) is 0 Å². The molecular formula is C25H22ClF2N5O. The van der Waals surface area contributed by atoms with Gasteiger partial charge in [0.15, 0.2) is 5.65 Å². The van der Waals surface area contributed by atoms with Gasteiger partial charge in [-0.05, 0) is 50.8 Å². The van der Waals surface area contributed by atoms with E-state index in [-0.39, 0.29) is 17.6 Å². The minimum atomic E-state index is -0.694.